The normalized spacial score (nSPS) is 12.4. The Morgan fingerprint density at radius 1 is 1.79 bits per heavy atom. The molecule has 0 aliphatic carbocycles. The average Bonchev–Trinajstić information content (AvgIpc) is 2.52. The van der Waals surface area contributed by atoms with E-state index in [1.54, 1.807) is 6.20 Å². The van der Waals surface area contributed by atoms with Gasteiger partial charge in [-0.3, -0.25) is 4.79 Å². The van der Waals surface area contributed by atoms with E-state index in [0.29, 0.717) is 18.9 Å². The molecule has 5 nitrogen and oxygen atoms in total. The molecule has 0 radical (unpaired) electrons. The molecule has 78 valence electrons. The number of nitrogens with zero attached hydrogens (tertiary/aromatic N) is 2. The van der Waals surface area contributed by atoms with Crippen molar-refractivity contribution in [1.82, 2.24) is 9.55 Å². The van der Waals surface area contributed by atoms with Gasteiger partial charge in [0.1, 0.15) is 0 Å². The lowest BCUT2D eigenvalue weighted by Gasteiger charge is -2.11. The lowest BCUT2D eigenvalue weighted by molar-refractivity contribution is -0.141. The number of carboxylic acids is 1. The summed E-state index contributed by atoms with van der Waals surface area (Å²) in [6, 6.07) is 0. The zero-order chi connectivity index (χ0) is 10.6. The number of carboxylic acid groups (broad SMARTS) is 1. The summed E-state index contributed by atoms with van der Waals surface area (Å²) in [5.41, 5.74) is 0. The molecule has 0 aliphatic heterocycles. The lowest BCUT2D eigenvalue weighted by Crippen LogP contribution is -2.23. The molecule has 1 atom stereocenters. The van der Waals surface area contributed by atoms with E-state index in [1.807, 2.05) is 24.7 Å². The van der Waals surface area contributed by atoms with Crippen molar-refractivity contribution in [2.75, 3.05) is 11.9 Å². The van der Waals surface area contributed by atoms with E-state index in [0.717, 1.165) is 0 Å². The number of carbonyl (C=O) groups is 1. The number of aryl methyl sites for hydroxylation is 1. The van der Waals surface area contributed by atoms with Crippen molar-refractivity contribution in [2.24, 2.45) is 13.0 Å². The highest BCUT2D eigenvalue weighted by Gasteiger charge is 2.14. The number of aromatic nitrogens is 2. The van der Waals surface area contributed by atoms with Crippen LogP contribution in [0.4, 0.5) is 5.95 Å². The Labute approximate surface area is 82.8 Å². The SMILES string of the molecule is CCC(CNc1nccn1C)C(=O)O. The van der Waals surface area contributed by atoms with Gasteiger partial charge in [0.25, 0.3) is 0 Å². The first-order chi connectivity index (χ1) is 6.65. The zero-order valence-corrected chi connectivity index (χ0v) is 8.40. The molecule has 0 saturated carbocycles. The smallest absolute Gasteiger partial charge is 0.308 e. The molecule has 0 spiro atoms. The Bertz CT molecular complexity index is 309. The summed E-state index contributed by atoms with van der Waals surface area (Å²) in [6.45, 7) is 2.27. The Morgan fingerprint density at radius 3 is 2.93 bits per heavy atom. The lowest BCUT2D eigenvalue weighted by atomic mass is 10.1. The van der Waals surface area contributed by atoms with Gasteiger partial charge in [-0.2, -0.15) is 0 Å². The summed E-state index contributed by atoms with van der Waals surface area (Å²) in [6.07, 6.45) is 4.10. The minimum atomic E-state index is -0.769. The fraction of sp³-hybridized carbons (Fsp3) is 0.556. The molecule has 0 aromatic carbocycles. The van der Waals surface area contributed by atoms with E-state index in [1.165, 1.54) is 0 Å². The third kappa shape index (κ3) is 2.48. The molecule has 5 heteroatoms. The molecular formula is C9H15N3O2. The Morgan fingerprint density at radius 2 is 2.50 bits per heavy atom. The molecule has 0 saturated heterocycles. The Balaban J connectivity index is 2.47. The standard InChI is InChI=1S/C9H15N3O2/c1-3-7(8(13)14)6-11-9-10-4-5-12(9)2/h4-5,7H,3,6H2,1-2H3,(H,10,11)(H,13,14). The van der Waals surface area contributed by atoms with Crippen LogP contribution in [0.1, 0.15) is 13.3 Å². The van der Waals surface area contributed by atoms with E-state index >= 15 is 0 Å². The number of anilines is 1. The van der Waals surface area contributed by atoms with Gasteiger partial charge in [0.05, 0.1) is 5.92 Å². The summed E-state index contributed by atoms with van der Waals surface area (Å²) >= 11 is 0. The van der Waals surface area contributed by atoms with Gasteiger partial charge in [-0.25, -0.2) is 4.98 Å². The molecule has 1 rings (SSSR count). The van der Waals surface area contributed by atoms with Gasteiger partial charge >= 0.3 is 5.97 Å². The van der Waals surface area contributed by atoms with Crippen LogP contribution in [-0.2, 0) is 11.8 Å². The van der Waals surface area contributed by atoms with Gasteiger partial charge in [0.2, 0.25) is 5.95 Å². The highest BCUT2D eigenvalue weighted by Crippen LogP contribution is 2.06. The van der Waals surface area contributed by atoms with E-state index in [-0.39, 0.29) is 5.92 Å². The van der Waals surface area contributed by atoms with Crippen molar-refractivity contribution in [3.63, 3.8) is 0 Å². The number of hydrogen-bond acceptors (Lipinski definition) is 3. The largest absolute Gasteiger partial charge is 0.481 e. The van der Waals surface area contributed by atoms with Gasteiger partial charge in [-0.1, -0.05) is 6.92 Å². The minimum Gasteiger partial charge on any atom is -0.481 e. The summed E-state index contributed by atoms with van der Waals surface area (Å²) in [4.78, 5) is 14.7. The van der Waals surface area contributed by atoms with Crippen molar-refractivity contribution in [1.29, 1.82) is 0 Å². The first-order valence-electron chi connectivity index (χ1n) is 4.59. The number of aliphatic carboxylic acids is 1. The second kappa shape index (κ2) is 4.64. The van der Waals surface area contributed by atoms with Gasteiger partial charge < -0.3 is 15.0 Å². The highest BCUT2D eigenvalue weighted by atomic mass is 16.4. The predicted molar refractivity (Wildman–Crippen MR) is 53.1 cm³/mol. The van der Waals surface area contributed by atoms with Crippen LogP contribution in [0.15, 0.2) is 12.4 Å². The van der Waals surface area contributed by atoms with Gasteiger partial charge in [0.15, 0.2) is 0 Å². The third-order valence-electron chi connectivity index (χ3n) is 2.17. The highest BCUT2D eigenvalue weighted by molar-refractivity contribution is 5.70. The van der Waals surface area contributed by atoms with E-state index in [4.69, 9.17) is 5.11 Å². The monoisotopic (exact) mass is 197 g/mol. The molecule has 1 heterocycles. The maximum Gasteiger partial charge on any atom is 0.308 e. The first kappa shape index (κ1) is 10.6. The number of hydrogen-bond donors (Lipinski definition) is 2. The van der Waals surface area contributed by atoms with E-state index < -0.39 is 5.97 Å². The van der Waals surface area contributed by atoms with Gasteiger partial charge in [-0.15, -0.1) is 0 Å². The quantitative estimate of drug-likeness (QED) is 0.737. The van der Waals surface area contributed by atoms with E-state index in [9.17, 15) is 4.79 Å². The maximum absolute atomic E-state index is 10.7. The maximum atomic E-state index is 10.7. The van der Waals surface area contributed by atoms with Crippen LogP contribution in [-0.4, -0.2) is 27.2 Å². The topological polar surface area (TPSA) is 67.2 Å². The van der Waals surface area contributed by atoms with Crippen LogP contribution < -0.4 is 5.32 Å². The van der Waals surface area contributed by atoms with Crippen LogP contribution >= 0.6 is 0 Å². The molecule has 0 fully saturated rings. The molecule has 1 aromatic rings. The van der Waals surface area contributed by atoms with Crippen LogP contribution in [0.2, 0.25) is 0 Å². The summed E-state index contributed by atoms with van der Waals surface area (Å²) in [5.74, 6) is -0.425. The summed E-state index contributed by atoms with van der Waals surface area (Å²) in [7, 11) is 1.86. The summed E-state index contributed by atoms with van der Waals surface area (Å²) < 4.78 is 1.81. The summed E-state index contributed by atoms with van der Waals surface area (Å²) in [5, 5.41) is 11.8. The number of imidazole rings is 1. The van der Waals surface area contributed by atoms with Crippen molar-refractivity contribution in [3.8, 4) is 0 Å². The van der Waals surface area contributed by atoms with Gasteiger partial charge in [-0.05, 0) is 6.42 Å². The second-order valence-electron chi connectivity index (χ2n) is 3.19. The van der Waals surface area contributed by atoms with Crippen LogP contribution in [0.3, 0.4) is 0 Å². The van der Waals surface area contributed by atoms with Crippen molar-refractivity contribution < 1.29 is 9.90 Å². The third-order valence-corrected chi connectivity index (χ3v) is 2.17. The van der Waals surface area contributed by atoms with Crippen molar-refractivity contribution in [2.45, 2.75) is 13.3 Å². The Hall–Kier alpha value is -1.52. The van der Waals surface area contributed by atoms with Crippen LogP contribution in [0, 0.1) is 5.92 Å². The molecule has 1 unspecified atom stereocenters. The first-order valence-corrected chi connectivity index (χ1v) is 4.59. The van der Waals surface area contributed by atoms with Crippen molar-refractivity contribution in [3.05, 3.63) is 12.4 Å². The molecule has 0 aliphatic rings. The molecule has 0 amide bonds. The van der Waals surface area contributed by atoms with Crippen LogP contribution in [0.5, 0.6) is 0 Å². The number of nitrogens with one attached hydrogen (secondary N) is 1. The Kier molecular flexibility index (Phi) is 3.50. The number of rotatable bonds is 5. The van der Waals surface area contributed by atoms with Gasteiger partial charge in [0, 0.05) is 26.0 Å². The van der Waals surface area contributed by atoms with Crippen molar-refractivity contribution >= 4 is 11.9 Å². The second-order valence-corrected chi connectivity index (χ2v) is 3.19. The van der Waals surface area contributed by atoms with Crippen LogP contribution in [0.25, 0.3) is 0 Å². The average molecular weight is 197 g/mol. The fourth-order valence-electron chi connectivity index (χ4n) is 1.16. The molecule has 14 heavy (non-hydrogen) atoms. The fourth-order valence-corrected chi connectivity index (χ4v) is 1.16. The predicted octanol–water partition coefficient (Wildman–Crippen LogP) is 0.943. The molecule has 2 N–H and O–H groups in total. The molecule has 0 bridgehead atoms. The zero-order valence-electron chi connectivity index (χ0n) is 8.40. The van der Waals surface area contributed by atoms with E-state index in [2.05, 4.69) is 10.3 Å². The minimum absolute atomic E-state index is 0.355. The molecule has 1 aromatic heterocycles. The molecular weight excluding hydrogens is 182 g/mol.